The van der Waals surface area contributed by atoms with E-state index in [0.29, 0.717) is 17.6 Å². The van der Waals surface area contributed by atoms with Crippen LogP contribution in [-0.2, 0) is 4.79 Å². The smallest absolute Gasteiger partial charge is 0.133 e. The lowest BCUT2D eigenvalue weighted by Gasteiger charge is -2.49. The average molecular weight is 331 g/mol. The Morgan fingerprint density at radius 3 is 2.75 bits per heavy atom. The van der Waals surface area contributed by atoms with E-state index in [1.807, 2.05) is 0 Å². The lowest BCUT2D eigenvalue weighted by Crippen LogP contribution is -2.41. The molecular formula is C22H34O2. The van der Waals surface area contributed by atoms with Gasteiger partial charge in [-0.25, -0.2) is 0 Å². The molecule has 2 fully saturated rings. The fraction of sp³-hybridized carbons (Fsp3) is 0.773. The maximum Gasteiger partial charge on any atom is 0.133 e. The van der Waals surface area contributed by atoms with Gasteiger partial charge in [0.2, 0.25) is 0 Å². The number of rotatable bonds is 4. The number of allylic oxidation sites excluding steroid dienone is 3. The van der Waals surface area contributed by atoms with E-state index in [2.05, 4.69) is 26.5 Å². The first-order chi connectivity index (χ1) is 11.3. The molecule has 3 aliphatic rings. The second kappa shape index (κ2) is 6.44. The molecule has 0 heterocycles. The van der Waals surface area contributed by atoms with Crippen LogP contribution < -0.4 is 0 Å². The van der Waals surface area contributed by atoms with Crippen LogP contribution in [0.4, 0.5) is 0 Å². The van der Waals surface area contributed by atoms with Crippen molar-refractivity contribution in [1.82, 2.24) is 0 Å². The minimum Gasteiger partial charge on any atom is -0.396 e. The molecule has 0 spiro atoms. The lowest BCUT2D eigenvalue weighted by molar-refractivity contribution is -0.124. The fourth-order valence-corrected chi connectivity index (χ4v) is 6.35. The van der Waals surface area contributed by atoms with Crippen molar-refractivity contribution in [3.8, 4) is 0 Å². The van der Waals surface area contributed by atoms with Crippen LogP contribution in [0.1, 0.15) is 72.1 Å². The predicted octanol–water partition coefficient (Wildman–Crippen LogP) is 5.07. The van der Waals surface area contributed by atoms with Gasteiger partial charge in [0.05, 0.1) is 0 Å². The standard InChI is InChI=1S/C22H34O2/c1-15-18(9-8-17-7-5-6-12-21(15,17)3)20-11-10-19(16(2)24)22(20,4)13-14-23/h8,18-20,23H,1,5-7,9-14H2,2-4H3. The third-order valence-electron chi connectivity index (χ3n) is 7.89. The second-order valence-corrected chi connectivity index (χ2v) is 8.96. The first-order valence-corrected chi connectivity index (χ1v) is 9.84. The number of aliphatic hydroxyl groups is 1. The number of fused-ring (bicyclic) bond motifs is 1. The van der Waals surface area contributed by atoms with Crippen LogP contribution in [0.15, 0.2) is 23.8 Å². The molecule has 1 N–H and O–H groups in total. The minimum atomic E-state index is -0.0788. The Morgan fingerprint density at radius 1 is 1.33 bits per heavy atom. The number of aliphatic hydroxyl groups excluding tert-OH is 1. The molecular weight excluding hydrogens is 296 g/mol. The Kier molecular flexibility index (Phi) is 4.81. The highest BCUT2D eigenvalue weighted by molar-refractivity contribution is 5.79. The lowest BCUT2D eigenvalue weighted by atomic mass is 9.55. The van der Waals surface area contributed by atoms with Crippen molar-refractivity contribution in [3.63, 3.8) is 0 Å². The van der Waals surface area contributed by atoms with Crippen LogP contribution in [-0.4, -0.2) is 17.5 Å². The summed E-state index contributed by atoms with van der Waals surface area (Å²) < 4.78 is 0. The van der Waals surface area contributed by atoms with Crippen molar-refractivity contribution < 1.29 is 9.90 Å². The Balaban J connectivity index is 1.92. The third-order valence-corrected chi connectivity index (χ3v) is 7.89. The molecule has 2 saturated carbocycles. The number of carbonyl (C=O) groups is 1. The SMILES string of the molecule is C=C1C(C2CCC(C(C)=O)C2(C)CCO)CC=C2CCCCC12C. The van der Waals surface area contributed by atoms with Crippen LogP contribution in [0, 0.1) is 28.6 Å². The second-order valence-electron chi connectivity index (χ2n) is 8.96. The van der Waals surface area contributed by atoms with Crippen molar-refractivity contribution in [2.24, 2.45) is 28.6 Å². The molecule has 0 aromatic rings. The van der Waals surface area contributed by atoms with E-state index in [0.717, 1.165) is 25.7 Å². The van der Waals surface area contributed by atoms with E-state index >= 15 is 0 Å². The van der Waals surface area contributed by atoms with Gasteiger partial charge in [0.15, 0.2) is 0 Å². The summed E-state index contributed by atoms with van der Waals surface area (Å²) in [5.41, 5.74) is 3.12. The molecule has 0 aromatic carbocycles. The number of hydrogen-bond acceptors (Lipinski definition) is 2. The predicted molar refractivity (Wildman–Crippen MR) is 98.6 cm³/mol. The van der Waals surface area contributed by atoms with Gasteiger partial charge in [-0.05, 0) is 69.1 Å². The Hall–Kier alpha value is -0.890. The van der Waals surface area contributed by atoms with E-state index in [4.69, 9.17) is 0 Å². The Morgan fingerprint density at radius 2 is 2.08 bits per heavy atom. The van der Waals surface area contributed by atoms with Gasteiger partial charge in [0, 0.05) is 17.9 Å². The van der Waals surface area contributed by atoms with Crippen LogP contribution >= 0.6 is 0 Å². The third kappa shape index (κ3) is 2.62. The molecule has 0 aliphatic heterocycles. The van der Waals surface area contributed by atoms with Crippen molar-refractivity contribution in [2.75, 3.05) is 6.61 Å². The molecule has 2 nitrogen and oxygen atoms in total. The van der Waals surface area contributed by atoms with Crippen LogP contribution in [0.25, 0.3) is 0 Å². The first kappa shape index (κ1) is 17.9. The van der Waals surface area contributed by atoms with E-state index in [1.54, 1.807) is 12.5 Å². The zero-order valence-electron chi connectivity index (χ0n) is 15.7. The van der Waals surface area contributed by atoms with Gasteiger partial charge < -0.3 is 5.11 Å². The average Bonchev–Trinajstić information content (AvgIpc) is 2.86. The summed E-state index contributed by atoms with van der Waals surface area (Å²) in [6.07, 6.45) is 11.5. The van der Waals surface area contributed by atoms with E-state index < -0.39 is 0 Å². The molecule has 0 bridgehead atoms. The summed E-state index contributed by atoms with van der Waals surface area (Å²) in [7, 11) is 0. The summed E-state index contributed by atoms with van der Waals surface area (Å²) in [6, 6.07) is 0. The van der Waals surface area contributed by atoms with E-state index in [1.165, 1.54) is 31.3 Å². The number of hydrogen-bond donors (Lipinski definition) is 1. The van der Waals surface area contributed by atoms with Gasteiger partial charge >= 0.3 is 0 Å². The summed E-state index contributed by atoms with van der Waals surface area (Å²) in [6.45, 7) is 11.2. The zero-order chi connectivity index (χ0) is 17.5. The maximum atomic E-state index is 12.2. The van der Waals surface area contributed by atoms with Crippen LogP contribution in [0.2, 0.25) is 0 Å². The Bertz CT molecular complexity index is 560. The van der Waals surface area contributed by atoms with Crippen LogP contribution in [0.5, 0.6) is 0 Å². The summed E-state index contributed by atoms with van der Waals surface area (Å²) in [5.74, 6) is 1.35. The van der Waals surface area contributed by atoms with Crippen molar-refractivity contribution in [3.05, 3.63) is 23.8 Å². The highest BCUT2D eigenvalue weighted by Gasteiger charge is 2.53. The molecule has 0 saturated heterocycles. The molecule has 0 amide bonds. The molecule has 24 heavy (non-hydrogen) atoms. The normalized spacial score (nSPS) is 42.6. The van der Waals surface area contributed by atoms with E-state index in [-0.39, 0.29) is 23.4 Å². The number of Topliss-reactive ketones (excluding diaryl/α,β-unsaturated/α-hetero) is 1. The van der Waals surface area contributed by atoms with Gasteiger partial charge in [-0.3, -0.25) is 4.79 Å². The number of carbonyl (C=O) groups excluding carboxylic acids is 1. The van der Waals surface area contributed by atoms with Crippen molar-refractivity contribution in [2.45, 2.75) is 72.1 Å². The minimum absolute atomic E-state index is 0.0788. The van der Waals surface area contributed by atoms with Gasteiger partial charge in [0.1, 0.15) is 5.78 Å². The fourth-order valence-electron chi connectivity index (χ4n) is 6.35. The highest BCUT2D eigenvalue weighted by Crippen LogP contribution is 2.60. The summed E-state index contributed by atoms with van der Waals surface area (Å²) >= 11 is 0. The summed E-state index contributed by atoms with van der Waals surface area (Å²) in [4.78, 5) is 12.2. The topological polar surface area (TPSA) is 37.3 Å². The Labute approximate surface area is 147 Å². The quantitative estimate of drug-likeness (QED) is 0.730. The maximum absolute atomic E-state index is 12.2. The van der Waals surface area contributed by atoms with Gasteiger partial charge in [-0.1, -0.05) is 44.1 Å². The highest BCUT2D eigenvalue weighted by atomic mass is 16.3. The molecule has 0 aromatic heterocycles. The molecule has 0 radical (unpaired) electrons. The molecule has 3 aliphatic carbocycles. The zero-order valence-corrected chi connectivity index (χ0v) is 15.7. The largest absolute Gasteiger partial charge is 0.396 e. The molecule has 3 rings (SSSR count). The van der Waals surface area contributed by atoms with Gasteiger partial charge in [-0.15, -0.1) is 0 Å². The molecule has 5 atom stereocenters. The summed E-state index contributed by atoms with van der Waals surface area (Å²) in [5, 5.41) is 9.67. The van der Waals surface area contributed by atoms with Gasteiger partial charge in [-0.2, -0.15) is 0 Å². The molecule has 5 unspecified atom stereocenters. The first-order valence-electron chi connectivity index (χ1n) is 9.84. The van der Waals surface area contributed by atoms with Crippen LogP contribution in [0.3, 0.4) is 0 Å². The molecule has 134 valence electrons. The monoisotopic (exact) mass is 330 g/mol. The van der Waals surface area contributed by atoms with E-state index in [9.17, 15) is 9.90 Å². The van der Waals surface area contributed by atoms with Crippen molar-refractivity contribution in [1.29, 1.82) is 0 Å². The number of ketones is 1. The molecule has 2 heteroatoms. The van der Waals surface area contributed by atoms with Gasteiger partial charge in [0.25, 0.3) is 0 Å². The van der Waals surface area contributed by atoms with Crippen molar-refractivity contribution >= 4 is 5.78 Å².